The number of carbonyl (C=O) groups is 1. The van der Waals surface area contributed by atoms with Gasteiger partial charge in [0.25, 0.3) is 5.91 Å². The van der Waals surface area contributed by atoms with Gasteiger partial charge in [-0.05, 0) is 52.2 Å². The number of ether oxygens (including phenoxy) is 1. The summed E-state index contributed by atoms with van der Waals surface area (Å²) >= 11 is 4.90. The van der Waals surface area contributed by atoms with Gasteiger partial charge in [0.15, 0.2) is 6.61 Å². The van der Waals surface area contributed by atoms with E-state index in [1.54, 1.807) is 6.21 Å². The highest BCUT2D eigenvalue weighted by Crippen LogP contribution is 2.20. The van der Waals surface area contributed by atoms with Crippen molar-refractivity contribution in [2.75, 3.05) is 6.61 Å². The summed E-state index contributed by atoms with van der Waals surface area (Å²) in [7, 11) is 0. The van der Waals surface area contributed by atoms with Crippen LogP contribution >= 0.6 is 27.3 Å². The number of rotatable bonds is 6. The number of amides is 1. The van der Waals surface area contributed by atoms with Gasteiger partial charge in [-0.15, -0.1) is 11.3 Å². The minimum absolute atomic E-state index is 0.0586. The van der Waals surface area contributed by atoms with Crippen LogP contribution < -0.4 is 10.2 Å². The summed E-state index contributed by atoms with van der Waals surface area (Å²) in [6, 6.07) is 11.5. The predicted octanol–water partition coefficient (Wildman–Crippen LogP) is 3.60. The van der Waals surface area contributed by atoms with E-state index in [0.29, 0.717) is 5.75 Å². The fraction of sp³-hybridized carbons (Fsp3) is 0.200. The third kappa shape index (κ3) is 5.32. The number of nitrogens with one attached hydrogen (secondary N) is 1. The van der Waals surface area contributed by atoms with Crippen molar-refractivity contribution in [2.24, 2.45) is 5.10 Å². The molecule has 0 aliphatic heterocycles. The number of nitrogens with zero attached hydrogens (tertiary/aromatic N) is 1. The molecule has 0 spiro atoms. The summed E-state index contributed by atoms with van der Waals surface area (Å²) in [5.41, 5.74) is 3.66. The maximum absolute atomic E-state index is 11.6. The molecule has 1 aromatic heterocycles. The minimum atomic E-state index is -0.290. The second-order valence-corrected chi connectivity index (χ2v) is 6.72. The van der Waals surface area contributed by atoms with Gasteiger partial charge in [-0.3, -0.25) is 4.79 Å². The number of carbonyl (C=O) groups excluding carboxylic acids is 1. The number of hydrogen-bond acceptors (Lipinski definition) is 4. The van der Waals surface area contributed by atoms with Gasteiger partial charge < -0.3 is 4.74 Å². The van der Waals surface area contributed by atoms with Crippen molar-refractivity contribution < 1.29 is 9.53 Å². The molecule has 0 unspecified atom stereocenters. The van der Waals surface area contributed by atoms with Gasteiger partial charge in [-0.25, -0.2) is 5.43 Å². The number of benzene rings is 1. The van der Waals surface area contributed by atoms with E-state index in [9.17, 15) is 4.79 Å². The first-order valence-corrected chi connectivity index (χ1v) is 8.07. The van der Waals surface area contributed by atoms with E-state index in [1.165, 1.54) is 16.9 Å². The molecular formula is C15H15BrN2O2S. The highest BCUT2D eigenvalue weighted by atomic mass is 79.9. The van der Waals surface area contributed by atoms with E-state index in [2.05, 4.69) is 33.4 Å². The Kier molecular flexibility index (Phi) is 5.95. The van der Waals surface area contributed by atoms with Gasteiger partial charge in [0.1, 0.15) is 5.75 Å². The van der Waals surface area contributed by atoms with Gasteiger partial charge in [0, 0.05) is 4.88 Å². The molecule has 2 rings (SSSR count). The second-order valence-electron chi connectivity index (χ2n) is 4.22. The molecular weight excluding hydrogens is 352 g/mol. The number of halogens is 1. The Labute approximate surface area is 136 Å². The quantitative estimate of drug-likeness (QED) is 0.627. The van der Waals surface area contributed by atoms with Crippen molar-refractivity contribution >= 4 is 39.4 Å². The van der Waals surface area contributed by atoms with Crippen molar-refractivity contribution in [3.05, 3.63) is 50.6 Å². The standard InChI is InChI=1S/C15H15BrN2O2S/c1-2-11-3-5-12(6-4-11)20-10-15(19)18-17-9-13-7-8-14(16)21-13/h3-9H,2,10H2,1H3,(H,18,19)/b17-9+. The fourth-order valence-corrected chi connectivity index (χ4v) is 2.86. The van der Waals surface area contributed by atoms with Crippen LogP contribution in [0, 0.1) is 0 Å². The van der Waals surface area contributed by atoms with Crippen molar-refractivity contribution in [3.8, 4) is 5.75 Å². The SMILES string of the molecule is CCc1ccc(OCC(=O)N/N=C/c2ccc(Br)s2)cc1. The Hall–Kier alpha value is -1.66. The van der Waals surface area contributed by atoms with Crippen LogP contribution in [0.3, 0.4) is 0 Å². The van der Waals surface area contributed by atoms with E-state index >= 15 is 0 Å². The van der Waals surface area contributed by atoms with Crippen LogP contribution in [0.15, 0.2) is 45.3 Å². The zero-order valence-electron chi connectivity index (χ0n) is 11.5. The molecule has 21 heavy (non-hydrogen) atoms. The van der Waals surface area contributed by atoms with Crippen LogP contribution in [-0.4, -0.2) is 18.7 Å². The minimum Gasteiger partial charge on any atom is -0.484 e. The first-order chi connectivity index (χ1) is 10.2. The summed E-state index contributed by atoms with van der Waals surface area (Å²) in [6.45, 7) is 2.03. The van der Waals surface area contributed by atoms with Crippen molar-refractivity contribution in [2.45, 2.75) is 13.3 Å². The lowest BCUT2D eigenvalue weighted by atomic mass is 10.2. The molecule has 0 atom stereocenters. The molecule has 2 aromatic rings. The zero-order chi connectivity index (χ0) is 15.1. The van der Waals surface area contributed by atoms with Gasteiger partial charge in [0.2, 0.25) is 0 Å². The molecule has 1 amide bonds. The third-order valence-corrected chi connectivity index (χ3v) is 4.23. The molecule has 0 fully saturated rings. The Morgan fingerprint density at radius 1 is 1.33 bits per heavy atom. The maximum Gasteiger partial charge on any atom is 0.277 e. The van der Waals surface area contributed by atoms with Crippen molar-refractivity contribution in [1.82, 2.24) is 5.43 Å². The van der Waals surface area contributed by atoms with Gasteiger partial charge in [-0.1, -0.05) is 19.1 Å². The number of aryl methyl sites for hydroxylation is 1. The predicted molar refractivity (Wildman–Crippen MR) is 89.1 cm³/mol. The van der Waals surface area contributed by atoms with Gasteiger partial charge >= 0.3 is 0 Å². The molecule has 0 aliphatic carbocycles. The van der Waals surface area contributed by atoms with Gasteiger partial charge in [-0.2, -0.15) is 5.10 Å². The molecule has 110 valence electrons. The summed E-state index contributed by atoms with van der Waals surface area (Å²) in [5, 5.41) is 3.88. The first-order valence-electron chi connectivity index (χ1n) is 6.46. The Morgan fingerprint density at radius 3 is 2.71 bits per heavy atom. The monoisotopic (exact) mass is 366 g/mol. The van der Waals surface area contributed by atoms with Crippen LogP contribution in [-0.2, 0) is 11.2 Å². The molecule has 1 heterocycles. The average Bonchev–Trinajstić information content (AvgIpc) is 2.91. The van der Waals surface area contributed by atoms with E-state index in [4.69, 9.17) is 4.74 Å². The van der Waals surface area contributed by atoms with Crippen LogP contribution in [0.5, 0.6) is 5.75 Å². The van der Waals surface area contributed by atoms with Crippen molar-refractivity contribution in [3.63, 3.8) is 0 Å². The van der Waals surface area contributed by atoms with E-state index in [1.807, 2.05) is 36.4 Å². The van der Waals surface area contributed by atoms with Crippen LogP contribution in [0.1, 0.15) is 17.4 Å². The van der Waals surface area contributed by atoms with Crippen LogP contribution in [0.2, 0.25) is 0 Å². The summed E-state index contributed by atoms with van der Waals surface area (Å²) in [4.78, 5) is 12.5. The Bertz CT molecular complexity index is 623. The molecule has 6 heteroatoms. The molecule has 0 saturated carbocycles. The highest BCUT2D eigenvalue weighted by molar-refractivity contribution is 9.11. The largest absolute Gasteiger partial charge is 0.484 e. The van der Waals surface area contributed by atoms with E-state index in [-0.39, 0.29) is 12.5 Å². The van der Waals surface area contributed by atoms with Crippen molar-refractivity contribution in [1.29, 1.82) is 0 Å². The van der Waals surface area contributed by atoms with E-state index in [0.717, 1.165) is 15.1 Å². The lowest BCUT2D eigenvalue weighted by Gasteiger charge is -2.05. The number of hydrazone groups is 1. The second kappa shape index (κ2) is 7.95. The number of hydrogen-bond donors (Lipinski definition) is 1. The highest BCUT2D eigenvalue weighted by Gasteiger charge is 2.01. The lowest BCUT2D eigenvalue weighted by molar-refractivity contribution is -0.123. The third-order valence-electron chi connectivity index (χ3n) is 2.68. The normalized spacial score (nSPS) is 10.8. The van der Waals surface area contributed by atoms with Crippen LogP contribution in [0.4, 0.5) is 0 Å². The fourth-order valence-electron chi connectivity index (χ4n) is 1.57. The lowest BCUT2D eigenvalue weighted by Crippen LogP contribution is -2.24. The number of thiophene rings is 1. The summed E-state index contributed by atoms with van der Waals surface area (Å²) in [6.07, 6.45) is 2.58. The average molecular weight is 367 g/mol. The van der Waals surface area contributed by atoms with Crippen LogP contribution in [0.25, 0.3) is 0 Å². The molecule has 1 N–H and O–H groups in total. The molecule has 0 radical (unpaired) electrons. The topological polar surface area (TPSA) is 50.7 Å². The summed E-state index contributed by atoms with van der Waals surface area (Å²) < 4.78 is 6.41. The zero-order valence-corrected chi connectivity index (χ0v) is 13.9. The first kappa shape index (κ1) is 15.7. The molecule has 0 bridgehead atoms. The molecule has 4 nitrogen and oxygen atoms in total. The maximum atomic E-state index is 11.6. The molecule has 0 aliphatic rings. The Morgan fingerprint density at radius 2 is 2.10 bits per heavy atom. The molecule has 1 aromatic carbocycles. The smallest absolute Gasteiger partial charge is 0.277 e. The van der Waals surface area contributed by atoms with E-state index < -0.39 is 0 Å². The Balaban J connectivity index is 1.75. The van der Waals surface area contributed by atoms with Gasteiger partial charge in [0.05, 0.1) is 10.0 Å². The molecule has 0 saturated heterocycles. The summed E-state index contributed by atoms with van der Waals surface area (Å²) in [5.74, 6) is 0.384.